The van der Waals surface area contributed by atoms with Crippen LogP contribution in [0.15, 0.2) is 48.7 Å². The Hall–Kier alpha value is -3.75. The number of hydrogen-bond acceptors (Lipinski definition) is 8. The van der Waals surface area contributed by atoms with Crippen molar-refractivity contribution in [2.75, 3.05) is 43.5 Å². The van der Waals surface area contributed by atoms with Crippen LogP contribution >= 0.6 is 0 Å². The lowest BCUT2D eigenvalue weighted by atomic mass is 10.2. The normalized spacial score (nSPS) is 13.8. The van der Waals surface area contributed by atoms with E-state index in [1.807, 2.05) is 42.2 Å². The molecule has 3 aromatic heterocycles. The topological polar surface area (TPSA) is 96.4 Å². The molecule has 4 rings (SSSR count). The van der Waals surface area contributed by atoms with Gasteiger partial charge in [0.05, 0.1) is 12.7 Å². The van der Waals surface area contributed by atoms with Gasteiger partial charge >= 0.3 is 0 Å². The summed E-state index contributed by atoms with van der Waals surface area (Å²) in [5.74, 6) is 2.62. The first-order chi connectivity index (χ1) is 14.6. The van der Waals surface area contributed by atoms with E-state index in [2.05, 4.69) is 30.4 Å². The molecule has 1 aliphatic heterocycles. The zero-order valence-electron chi connectivity index (χ0n) is 16.9. The molecule has 1 aliphatic rings. The van der Waals surface area contributed by atoms with Crippen molar-refractivity contribution in [3.05, 3.63) is 59.9 Å². The number of aryl methyl sites for hydroxylation is 1. The summed E-state index contributed by atoms with van der Waals surface area (Å²) < 4.78 is 5.04. The van der Waals surface area contributed by atoms with Gasteiger partial charge in [-0.1, -0.05) is 6.07 Å². The Morgan fingerprint density at radius 3 is 2.47 bits per heavy atom. The van der Waals surface area contributed by atoms with Gasteiger partial charge in [-0.15, -0.1) is 10.2 Å². The van der Waals surface area contributed by atoms with E-state index in [-0.39, 0.29) is 5.91 Å². The number of ether oxygens (including phenoxy) is 1. The first-order valence-electron chi connectivity index (χ1n) is 9.71. The molecule has 0 radical (unpaired) electrons. The van der Waals surface area contributed by atoms with Crippen molar-refractivity contribution in [3.8, 4) is 5.88 Å². The molecule has 0 unspecified atom stereocenters. The molecule has 1 fully saturated rings. The fourth-order valence-electron chi connectivity index (χ4n) is 3.25. The van der Waals surface area contributed by atoms with Crippen LogP contribution in [0.1, 0.15) is 16.1 Å². The second kappa shape index (κ2) is 8.73. The highest BCUT2D eigenvalue weighted by Crippen LogP contribution is 2.18. The Morgan fingerprint density at radius 2 is 1.83 bits per heavy atom. The molecule has 9 heteroatoms. The number of anilines is 3. The summed E-state index contributed by atoms with van der Waals surface area (Å²) in [6, 6.07) is 13.0. The fraction of sp³-hybridized carbons (Fsp3) is 0.286. The molecule has 0 atom stereocenters. The van der Waals surface area contributed by atoms with Crippen molar-refractivity contribution in [2.24, 2.45) is 0 Å². The van der Waals surface area contributed by atoms with Gasteiger partial charge in [0.2, 0.25) is 5.88 Å². The molecule has 0 aromatic carbocycles. The Bertz CT molecular complexity index is 1000. The summed E-state index contributed by atoms with van der Waals surface area (Å²) in [5.41, 5.74) is 1.49. The third-order valence-corrected chi connectivity index (χ3v) is 4.88. The van der Waals surface area contributed by atoms with Crippen molar-refractivity contribution in [1.29, 1.82) is 0 Å². The molecule has 4 heterocycles. The van der Waals surface area contributed by atoms with Crippen LogP contribution in [0.3, 0.4) is 0 Å². The molecule has 3 aromatic rings. The van der Waals surface area contributed by atoms with E-state index in [4.69, 9.17) is 4.74 Å². The number of nitrogens with one attached hydrogen (secondary N) is 1. The molecule has 0 saturated carbocycles. The number of carbonyl (C=O) groups is 1. The van der Waals surface area contributed by atoms with Gasteiger partial charge in [-0.2, -0.15) is 0 Å². The largest absolute Gasteiger partial charge is 0.481 e. The van der Waals surface area contributed by atoms with Crippen molar-refractivity contribution in [1.82, 2.24) is 25.1 Å². The van der Waals surface area contributed by atoms with E-state index < -0.39 is 0 Å². The molecular weight excluding hydrogens is 382 g/mol. The number of piperazine rings is 1. The van der Waals surface area contributed by atoms with Gasteiger partial charge in [-0.3, -0.25) is 4.79 Å². The summed E-state index contributed by atoms with van der Waals surface area (Å²) in [7, 11) is 1.55. The predicted molar refractivity (Wildman–Crippen MR) is 113 cm³/mol. The van der Waals surface area contributed by atoms with Gasteiger partial charge < -0.3 is 19.9 Å². The van der Waals surface area contributed by atoms with Crippen LogP contribution < -0.4 is 15.0 Å². The van der Waals surface area contributed by atoms with Crippen LogP contribution in [0.5, 0.6) is 5.88 Å². The molecule has 0 aliphatic carbocycles. The molecule has 0 spiro atoms. The van der Waals surface area contributed by atoms with Crippen LogP contribution in [-0.4, -0.2) is 64.3 Å². The van der Waals surface area contributed by atoms with Gasteiger partial charge in [-0.05, 0) is 37.3 Å². The lowest BCUT2D eigenvalue weighted by Gasteiger charge is -2.35. The Balaban J connectivity index is 1.33. The average Bonchev–Trinajstić information content (AvgIpc) is 2.79. The van der Waals surface area contributed by atoms with Crippen LogP contribution in [0.4, 0.5) is 17.5 Å². The molecular formula is C21H23N7O2. The van der Waals surface area contributed by atoms with Crippen molar-refractivity contribution < 1.29 is 9.53 Å². The summed E-state index contributed by atoms with van der Waals surface area (Å²) in [4.78, 5) is 25.1. The SMILES string of the molecule is COc1ccc(C(=O)N2CCN(c3ccc(Nc4cccc(C)n4)nn3)CC2)cn1. The van der Waals surface area contributed by atoms with E-state index in [1.54, 1.807) is 25.4 Å². The van der Waals surface area contributed by atoms with E-state index in [1.165, 1.54) is 0 Å². The minimum absolute atomic E-state index is 0.0268. The minimum Gasteiger partial charge on any atom is -0.481 e. The van der Waals surface area contributed by atoms with Crippen LogP contribution in [-0.2, 0) is 0 Å². The number of rotatable bonds is 5. The molecule has 0 bridgehead atoms. The maximum absolute atomic E-state index is 12.7. The van der Waals surface area contributed by atoms with Crippen molar-refractivity contribution in [3.63, 3.8) is 0 Å². The second-order valence-corrected chi connectivity index (χ2v) is 6.93. The highest BCUT2D eigenvalue weighted by molar-refractivity contribution is 5.94. The first kappa shape index (κ1) is 19.6. The minimum atomic E-state index is -0.0268. The van der Waals surface area contributed by atoms with Gasteiger partial charge in [-0.25, -0.2) is 9.97 Å². The van der Waals surface area contributed by atoms with Crippen LogP contribution in [0, 0.1) is 6.92 Å². The molecule has 9 nitrogen and oxygen atoms in total. The number of methoxy groups -OCH3 is 1. The van der Waals surface area contributed by atoms with E-state index in [0.29, 0.717) is 43.4 Å². The zero-order valence-corrected chi connectivity index (χ0v) is 16.9. The zero-order chi connectivity index (χ0) is 20.9. The van der Waals surface area contributed by atoms with Gasteiger partial charge in [0.1, 0.15) is 5.82 Å². The highest BCUT2D eigenvalue weighted by atomic mass is 16.5. The first-order valence-corrected chi connectivity index (χ1v) is 9.71. The maximum Gasteiger partial charge on any atom is 0.255 e. The summed E-state index contributed by atoms with van der Waals surface area (Å²) in [6.45, 7) is 4.54. The van der Waals surface area contributed by atoms with E-state index in [0.717, 1.165) is 17.3 Å². The number of hydrogen-bond donors (Lipinski definition) is 1. The smallest absolute Gasteiger partial charge is 0.255 e. The number of pyridine rings is 2. The van der Waals surface area contributed by atoms with Crippen molar-refractivity contribution >= 4 is 23.4 Å². The van der Waals surface area contributed by atoms with Gasteiger partial charge in [0.25, 0.3) is 5.91 Å². The third kappa shape index (κ3) is 4.45. The number of aromatic nitrogens is 4. The van der Waals surface area contributed by atoms with Gasteiger partial charge in [0.15, 0.2) is 11.6 Å². The predicted octanol–water partition coefficient (Wildman–Crippen LogP) is 2.29. The third-order valence-electron chi connectivity index (χ3n) is 4.88. The average molecular weight is 405 g/mol. The quantitative estimate of drug-likeness (QED) is 0.691. The lowest BCUT2D eigenvalue weighted by Crippen LogP contribution is -2.49. The Kier molecular flexibility index (Phi) is 5.69. The standard InChI is InChI=1S/C21H23N7O2/c1-15-4-3-5-17(23-15)24-18-7-8-19(26-25-18)27-10-12-28(13-11-27)21(29)16-6-9-20(30-2)22-14-16/h3-9,14H,10-13H2,1-2H3,(H,23,24,25). The monoisotopic (exact) mass is 405 g/mol. The Morgan fingerprint density at radius 1 is 1.00 bits per heavy atom. The maximum atomic E-state index is 12.7. The number of nitrogens with zero attached hydrogens (tertiary/aromatic N) is 6. The summed E-state index contributed by atoms with van der Waals surface area (Å²) >= 11 is 0. The fourth-order valence-corrected chi connectivity index (χ4v) is 3.25. The lowest BCUT2D eigenvalue weighted by molar-refractivity contribution is 0.0746. The molecule has 1 saturated heterocycles. The van der Waals surface area contributed by atoms with Crippen molar-refractivity contribution in [2.45, 2.75) is 6.92 Å². The second-order valence-electron chi connectivity index (χ2n) is 6.93. The van der Waals surface area contributed by atoms with E-state index >= 15 is 0 Å². The van der Waals surface area contributed by atoms with Crippen LogP contribution in [0.2, 0.25) is 0 Å². The highest BCUT2D eigenvalue weighted by Gasteiger charge is 2.23. The van der Waals surface area contributed by atoms with Crippen LogP contribution in [0.25, 0.3) is 0 Å². The Labute approximate surface area is 174 Å². The molecule has 1 N–H and O–H groups in total. The van der Waals surface area contributed by atoms with E-state index in [9.17, 15) is 4.79 Å². The number of carbonyl (C=O) groups excluding carboxylic acids is 1. The summed E-state index contributed by atoms with van der Waals surface area (Å²) in [6.07, 6.45) is 1.55. The van der Waals surface area contributed by atoms with Gasteiger partial charge in [0, 0.05) is 44.1 Å². The number of amides is 1. The molecule has 154 valence electrons. The molecule has 30 heavy (non-hydrogen) atoms. The molecule has 1 amide bonds. The summed E-state index contributed by atoms with van der Waals surface area (Å²) in [5, 5.41) is 11.7.